The number of hydrogen-bond acceptors (Lipinski definition) is 2. The summed E-state index contributed by atoms with van der Waals surface area (Å²) < 4.78 is 4.65. The van der Waals surface area contributed by atoms with Gasteiger partial charge < -0.3 is 4.43 Å². The Balaban J connectivity index is 2.24. The summed E-state index contributed by atoms with van der Waals surface area (Å²) in [6.45, 7) is 0. The highest BCUT2D eigenvalue weighted by atomic mass is 28.2. The first-order valence-electron chi connectivity index (χ1n) is 2.92. The molecule has 8 heavy (non-hydrogen) atoms. The Morgan fingerprint density at radius 3 is 2.38 bits per heavy atom. The highest BCUT2D eigenvalue weighted by Gasteiger charge is 2.24. The van der Waals surface area contributed by atoms with E-state index >= 15 is 0 Å². The Kier molecular flexibility index (Phi) is 1.68. The maximum Gasteiger partial charge on any atom is 0.294 e. The smallest absolute Gasteiger partial charge is 0.294 e. The molecule has 0 aromatic rings. The topological polar surface area (TPSA) is 26.3 Å². The van der Waals surface area contributed by atoms with Gasteiger partial charge in [-0.2, -0.15) is 0 Å². The van der Waals surface area contributed by atoms with Gasteiger partial charge in [-0.15, -0.1) is 0 Å². The molecule has 1 saturated carbocycles. The van der Waals surface area contributed by atoms with Gasteiger partial charge in [0.1, 0.15) is 0 Å². The lowest BCUT2D eigenvalue weighted by Crippen LogP contribution is -2.23. The summed E-state index contributed by atoms with van der Waals surface area (Å²) in [6, 6.07) is 0. The van der Waals surface area contributed by atoms with Gasteiger partial charge >= 0.3 is 0 Å². The average Bonchev–Trinajstić information content (AvgIpc) is 1.62. The molecule has 0 radical (unpaired) electrons. The van der Waals surface area contributed by atoms with Crippen LogP contribution in [0.1, 0.15) is 19.3 Å². The first-order chi connectivity index (χ1) is 3.84. The molecule has 0 unspecified atom stereocenters. The summed E-state index contributed by atoms with van der Waals surface area (Å²) in [4.78, 5) is 10.6. The summed E-state index contributed by atoms with van der Waals surface area (Å²) in [5, 5.41) is 0. The van der Waals surface area contributed by atoms with Gasteiger partial charge in [-0.25, -0.2) is 0 Å². The summed E-state index contributed by atoms with van der Waals surface area (Å²) in [6.07, 6.45) is 3.32. The third-order valence-electron chi connectivity index (χ3n) is 1.64. The van der Waals surface area contributed by atoms with Gasteiger partial charge in [0.2, 0.25) is 10.5 Å². The van der Waals surface area contributed by atoms with Crippen molar-refractivity contribution < 1.29 is 9.22 Å². The maximum absolute atomic E-state index is 10.6. The molecular formula is C5H10O2Si. The largest absolute Gasteiger partial charge is 0.529 e. The van der Waals surface area contributed by atoms with Gasteiger partial charge in [0, 0.05) is 0 Å². The molecule has 1 aliphatic rings. The molecular weight excluding hydrogens is 120 g/mol. The minimum atomic E-state index is 0.0305. The van der Waals surface area contributed by atoms with Crippen LogP contribution in [0.2, 0.25) is 0 Å². The maximum atomic E-state index is 10.6. The lowest BCUT2D eigenvalue weighted by molar-refractivity contribution is -0.141. The lowest BCUT2D eigenvalue weighted by Gasteiger charge is -2.22. The van der Waals surface area contributed by atoms with E-state index in [1.54, 1.807) is 0 Å². The molecule has 46 valence electrons. The van der Waals surface area contributed by atoms with Crippen LogP contribution in [0.4, 0.5) is 0 Å². The number of carbonyl (C=O) groups is 1. The molecule has 0 amide bonds. The van der Waals surface area contributed by atoms with Crippen LogP contribution in [-0.2, 0) is 9.22 Å². The molecule has 1 fully saturated rings. The first kappa shape index (κ1) is 5.82. The standard InChI is InChI=1S/C5H10O2Si/c6-5(7-8)4-2-1-3-4/h4H,1-3H2,8H3. The zero-order valence-corrected chi connectivity index (χ0v) is 7.02. The van der Waals surface area contributed by atoms with Crippen LogP contribution in [0.5, 0.6) is 0 Å². The SMILES string of the molecule is O=C(O[SiH3])C1CCC1. The van der Waals surface area contributed by atoms with E-state index in [1.165, 1.54) is 6.42 Å². The van der Waals surface area contributed by atoms with Gasteiger partial charge in [-0.3, -0.25) is 4.79 Å². The summed E-state index contributed by atoms with van der Waals surface area (Å²) >= 11 is 0. The Morgan fingerprint density at radius 1 is 1.62 bits per heavy atom. The van der Waals surface area contributed by atoms with Gasteiger partial charge in [-0.1, -0.05) is 6.42 Å². The minimum absolute atomic E-state index is 0.0305. The van der Waals surface area contributed by atoms with Gasteiger partial charge in [0.25, 0.3) is 5.97 Å². The molecule has 0 N–H and O–H groups in total. The van der Waals surface area contributed by atoms with Crippen LogP contribution in [0.3, 0.4) is 0 Å². The first-order valence-corrected chi connectivity index (χ1v) is 3.74. The molecule has 0 saturated heterocycles. The number of carbonyl (C=O) groups excluding carboxylic acids is 1. The predicted octanol–water partition coefficient (Wildman–Crippen LogP) is -0.390. The lowest BCUT2D eigenvalue weighted by atomic mass is 9.86. The summed E-state index contributed by atoms with van der Waals surface area (Å²) in [5.41, 5.74) is 0. The van der Waals surface area contributed by atoms with Gasteiger partial charge in [0.05, 0.1) is 5.92 Å². The van der Waals surface area contributed by atoms with Crippen LogP contribution < -0.4 is 0 Å². The van der Waals surface area contributed by atoms with Crippen LogP contribution in [0.15, 0.2) is 0 Å². The van der Waals surface area contributed by atoms with Crippen molar-refractivity contribution in [1.82, 2.24) is 0 Å². The monoisotopic (exact) mass is 130 g/mol. The molecule has 0 spiro atoms. The van der Waals surface area contributed by atoms with Crippen molar-refractivity contribution in [1.29, 1.82) is 0 Å². The average molecular weight is 130 g/mol. The van der Waals surface area contributed by atoms with Crippen LogP contribution in [0, 0.1) is 5.92 Å². The third-order valence-corrected chi connectivity index (χ3v) is 2.04. The van der Waals surface area contributed by atoms with Crippen LogP contribution in [-0.4, -0.2) is 16.5 Å². The van der Waals surface area contributed by atoms with Crippen molar-refractivity contribution in [2.24, 2.45) is 5.92 Å². The Morgan fingerprint density at radius 2 is 2.25 bits per heavy atom. The van der Waals surface area contributed by atoms with E-state index in [-0.39, 0.29) is 11.9 Å². The molecule has 1 aliphatic carbocycles. The van der Waals surface area contributed by atoms with Gasteiger partial charge in [-0.05, 0) is 12.8 Å². The van der Waals surface area contributed by atoms with E-state index in [9.17, 15) is 4.79 Å². The fourth-order valence-electron chi connectivity index (χ4n) is 0.811. The highest BCUT2D eigenvalue weighted by Crippen LogP contribution is 2.26. The Hall–Kier alpha value is -0.313. The van der Waals surface area contributed by atoms with E-state index in [1.807, 2.05) is 0 Å². The Labute approximate surface area is 51.8 Å². The van der Waals surface area contributed by atoms with Crippen LogP contribution in [0.25, 0.3) is 0 Å². The van der Waals surface area contributed by atoms with E-state index in [0.717, 1.165) is 12.8 Å². The second kappa shape index (κ2) is 2.30. The molecule has 0 aromatic heterocycles. The number of rotatable bonds is 1. The van der Waals surface area contributed by atoms with Crippen molar-refractivity contribution >= 4 is 16.5 Å². The highest BCUT2D eigenvalue weighted by molar-refractivity contribution is 6.05. The summed E-state index contributed by atoms with van der Waals surface area (Å²) in [5.74, 6) is 0.301. The zero-order chi connectivity index (χ0) is 5.98. The fraction of sp³-hybridized carbons (Fsp3) is 0.800. The van der Waals surface area contributed by atoms with Crippen molar-refractivity contribution in [2.75, 3.05) is 0 Å². The van der Waals surface area contributed by atoms with E-state index < -0.39 is 0 Å². The normalized spacial score (nSPS) is 20.0. The Bertz CT molecular complexity index is 98.6. The number of hydrogen-bond donors (Lipinski definition) is 0. The van der Waals surface area contributed by atoms with E-state index in [0.29, 0.717) is 10.5 Å². The molecule has 2 nitrogen and oxygen atoms in total. The second-order valence-corrected chi connectivity index (χ2v) is 2.56. The van der Waals surface area contributed by atoms with Gasteiger partial charge in [0.15, 0.2) is 0 Å². The van der Waals surface area contributed by atoms with E-state index in [4.69, 9.17) is 0 Å². The third kappa shape index (κ3) is 0.915. The molecule has 0 bridgehead atoms. The fourth-order valence-corrected chi connectivity index (χ4v) is 1.14. The summed E-state index contributed by atoms with van der Waals surface area (Å²) in [7, 11) is 0.560. The minimum Gasteiger partial charge on any atom is -0.529 e. The van der Waals surface area contributed by atoms with Crippen molar-refractivity contribution in [3.63, 3.8) is 0 Å². The molecule has 1 rings (SSSR count). The predicted molar refractivity (Wildman–Crippen MR) is 33.4 cm³/mol. The van der Waals surface area contributed by atoms with Crippen molar-refractivity contribution in [2.45, 2.75) is 19.3 Å². The molecule has 0 aliphatic heterocycles. The van der Waals surface area contributed by atoms with Crippen molar-refractivity contribution in [3.05, 3.63) is 0 Å². The van der Waals surface area contributed by atoms with Crippen molar-refractivity contribution in [3.8, 4) is 0 Å². The quantitative estimate of drug-likeness (QED) is 0.452. The molecule has 0 atom stereocenters. The molecule has 0 aromatic carbocycles. The zero-order valence-electron chi connectivity index (χ0n) is 5.02. The second-order valence-electron chi connectivity index (χ2n) is 2.15. The van der Waals surface area contributed by atoms with E-state index in [2.05, 4.69) is 4.43 Å². The van der Waals surface area contributed by atoms with Crippen LogP contribution >= 0.6 is 0 Å². The molecule has 3 heteroatoms. The molecule has 0 heterocycles.